The van der Waals surface area contributed by atoms with Crippen LogP contribution in [0.1, 0.15) is 39.7 Å². The predicted molar refractivity (Wildman–Crippen MR) is 110 cm³/mol. The van der Waals surface area contributed by atoms with Gasteiger partial charge in [-0.15, -0.1) is 0 Å². The van der Waals surface area contributed by atoms with Gasteiger partial charge in [0.05, 0.1) is 7.11 Å². The molecule has 1 aromatic rings. The Morgan fingerprint density at radius 3 is 2.41 bits per heavy atom. The van der Waals surface area contributed by atoms with E-state index in [-0.39, 0.29) is 12.8 Å². The van der Waals surface area contributed by atoms with Gasteiger partial charge in [0.15, 0.2) is 0 Å². The zero-order valence-electron chi connectivity index (χ0n) is 18.6. The fraction of sp³-hybridized carbons (Fsp3) is 0.571. The average molecular weight is 459 g/mol. The minimum Gasteiger partial charge on any atom is -0.497 e. The summed E-state index contributed by atoms with van der Waals surface area (Å²) < 4.78 is 48.2. The molecule has 0 saturated carbocycles. The number of benzene rings is 1. The number of alkyl halides is 3. The van der Waals surface area contributed by atoms with Crippen LogP contribution in [0.5, 0.6) is 5.75 Å². The van der Waals surface area contributed by atoms with Gasteiger partial charge in [-0.05, 0) is 51.0 Å². The lowest BCUT2D eigenvalue weighted by molar-refractivity contribution is -0.139. The van der Waals surface area contributed by atoms with Crippen molar-refractivity contribution in [3.63, 3.8) is 0 Å². The first-order valence-electron chi connectivity index (χ1n) is 10.1. The van der Waals surface area contributed by atoms with Crippen molar-refractivity contribution in [3.05, 3.63) is 23.8 Å². The van der Waals surface area contributed by atoms with Crippen molar-refractivity contribution < 1.29 is 37.0 Å². The highest BCUT2D eigenvalue weighted by Gasteiger charge is 2.42. The highest BCUT2D eigenvalue weighted by molar-refractivity contribution is 6.06. The summed E-state index contributed by atoms with van der Waals surface area (Å²) in [5, 5.41) is 4.32. The minimum atomic E-state index is -4.59. The smallest absolute Gasteiger partial charge is 0.408 e. The van der Waals surface area contributed by atoms with Crippen LogP contribution in [0.3, 0.4) is 0 Å². The van der Waals surface area contributed by atoms with Gasteiger partial charge in [-0.3, -0.25) is 14.5 Å². The van der Waals surface area contributed by atoms with E-state index in [0.717, 1.165) is 4.90 Å². The van der Waals surface area contributed by atoms with Crippen molar-refractivity contribution in [3.8, 4) is 5.75 Å². The van der Waals surface area contributed by atoms with Crippen molar-refractivity contribution in [1.82, 2.24) is 10.6 Å². The van der Waals surface area contributed by atoms with E-state index < -0.39 is 48.3 Å². The molecular formula is C21H28F3N3O5. The maximum Gasteiger partial charge on any atom is 0.408 e. The molecule has 1 heterocycles. The molecule has 1 aliphatic rings. The first kappa shape index (κ1) is 25.3. The van der Waals surface area contributed by atoms with Crippen LogP contribution in [0, 0.1) is 0 Å². The summed E-state index contributed by atoms with van der Waals surface area (Å²) in [5.74, 6) is -1.10. The SMILES string of the molecule is CC[C@H](NC(=O)OC(C)(C)C)C(=O)N1c2ccc(OC)cc2C[C@@H]1C(=O)NCC(F)(F)F. The molecule has 0 saturated heterocycles. The van der Waals surface area contributed by atoms with Crippen molar-refractivity contribution in [2.45, 2.75) is 64.4 Å². The lowest BCUT2D eigenvalue weighted by Crippen LogP contribution is -2.55. The third kappa shape index (κ3) is 6.51. The van der Waals surface area contributed by atoms with E-state index in [4.69, 9.17) is 9.47 Å². The number of carbonyl (C=O) groups is 3. The summed E-state index contributed by atoms with van der Waals surface area (Å²) in [7, 11) is 1.45. The minimum absolute atomic E-state index is 0.00480. The Balaban J connectivity index is 2.32. The monoisotopic (exact) mass is 459 g/mol. The maximum atomic E-state index is 13.3. The predicted octanol–water partition coefficient (Wildman–Crippen LogP) is 2.93. The largest absolute Gasteiger partial charge is 0.497 e. The van der Waals surface area contributed by atoms with Crippen molar-refractivity contribution in [2.24, 2.45) is 0 Å². The molecule has 0 fully saturated rings. The topological polar surface area (TPSA) is 97.0 Å². The van der Waals surface area contributed by atoms with E-state index in [2.05, 4.69) is 5.32 Å². The molecule has 178 valence electrons. The van der Waals surface area contributed by atoms with Gasteiger partial charge in [0.2, 0.25) is 11.8 Å². The first-order chi connectivity index (χ1) is 14.8. The van der Waals surface area contributed by atoms with Crippen LogP contribution in [0.4, 0.5) is 23.7 Å². The van der Waals surface area contributed by atoms with Gasteiger partial charge in [0.1, 0.15) is 30.0 Å². The lowest BCUT2D eigenvalue weighted by Gasteiger charge is -2.29. The molecule has 2 N–H and O–H groups in total. The van der Waals surface area contributed by atoms with Crippen LogP contribution in [0.25, 0.3) is 0 Å². The molecule has 0 unspecified atom stereocenters. The Morgan fingerprint density at radius 1 is 1.22 bits per heavy atom. The average Bonchev–Trinajstić information content (AvgIpc) is 3.06. The molecule has 32 heavy (non-hydrogen) atoms. The molecule has 0 bridgehead atoms. The molecule has 8 nitrogen and oxygen atoms in total. The Bertz CT molecular complexity index is 867. The molecule has 0 radical (unpaired) electrons. The van der Waals surface area contributed by atoms with Gasteiger partial charge < -0.3 is 20.1 Å². The quantitative estimate of drug-likeness (QED) is 0.682. The van der Waals surface area contributed by atoms with Crippen molar-refractivity contribution in [2.75, 3.05) is 18.6 Å². The summed E-state index contributed by atoms with van der Waals surface area (Å²) in [6.45, 7) is 5.14. The molecular weight excluding hydrogens is 431 g/mol. The van der Waals surface area contributed by atoms with Crippen LogP contribution >= 0.6 is 0 Å². The van der Waals surface area contributed by atoms with Crippen LogP contribution in [0.15, 0.2) is 18.2 Å². The Labute approximate surface area is 184 Å². The highest BCUT2D eigenvalue weighted by Crippen LogP contribution is 2.36. The van der Waals surface area contributed by atoms with Gasteiger partial charge in [-0.1, -0.05) is 6.92 Å². The number of halogens is 3. The van der Waals surface area contributed by atoms with Crippen LogP contribution in [0.2, 0.25) is 0 Å². The summed E-state index contributed by atoms with van der Waals surface area (Å²) in [6, 6.07) is 2.51. The Kier molecular flexibility index (Phi) is 7.63. The van der Waals surface area contributed by atoms with Gasteiger partial charge in [-0.25, -0.2) is 4.79 Å². The number of anilines is 1. The Morgan fingerprint density at radius 2 is 1.88 bits per heavy atom. The van der Waals surface area contributed by atoms with Gasteiger partial charge >= 0.3 is 12.3 Å². The van der Waals surface area contributed by atoms with Gasteiger partial charge in [0.25, 0.3) is 0 Å². The molecule has 2 rings (SSSR count). The summed E-state index contributed by atoms with van der Waals surface area (Å²) in [4.78, 5) is 39.2. The number of nitrogens with zero attached hydrogens (tertiary/aromatic N) is 1. The number of carbonyl (C=O) groups excluding carboxylic acids is 3. The summed E-state index contributed by atoms with van der Waals surface area (Å²) in [6.07, 6.45) is -5.23. The number of amides is 3. The van der Waals surface area contributed by atoms with Crippen LogP contribution in [-0.4, -0.2) is 55.4 Å². The zero-order chi connectivity index (χ0) is 24.3. The number of methoxy groups -OCH3 is 1. The molecule has 3 amide bonds. The number of ether oxygens (including phenoxy) is 2. The fourth-order valence-corrected chi connectivity index (χ4v) is 3.30. The summed E-state index contributed by atoms with van der Waals surface area (Å²) in [5.41, 5.74) is 0.145. The highest BCUT2D eigenvalue weighted by atomic mass is 19.4. The Hall–Kier alpha value is -2.98. The molecule has 1 aromatic carbocycles. The summed E-state index contributed by atoms with van der Waals surface area (Å²) >= 11 is 0. The van der Waals surface area contributed by atoms with Crippen LogP contribution < -0.4 is 20.3 Å². The molecule has 11 heteroatoms. The normalized spacial score (nSPS) is 16.8. The second-order valence-corrected chi connectivity index (χ2v) is 8.36. The number of fused-ring (bicyclic) bond motifs is 1. The van der Waals surface area contributed by atoms with E-state index in [1.807, 2.05) is 5.32 Å². The van der Waals surface area contributed by atoms with Crippen LogP contribution in [-0.2, 0) is 20.7 Å². The third-order valence-corrected chi connectivity index (χ3v) is 4.67. The fourth-order valence-electron chi connectivity index (χ4n) is 3.30. The number of alkyl carbamates (subject to hydrolysis) is 1. The van der Waals surface area contributed by atoms with Gasteiger partial charge in [-0.2, -0.15) is 13.2 Å². The standard InChI is InChI=1S/C21H28F3N3O5/c1-6-14(26-19(30)32-20(2,3)4)18(29)27-15-8-7-13(31-5)9-12(15)10-16(27)17(28)25-11-21(22,23)24/h7-9,14,16H,6,10-11H2,1-5H3,(H,25,28)(H,26,30)/t14-,16+/m0/s1. The van der Waals surface area contributed by atoms with Gasteiger partial charge in [0, 0.05) is 12.1 Å². The third-order valence-electron chi connectivity index (χ3n) is 4.67. The van der Waals surface area contributed by atoms with E-state index in [1.165, 1.54) is 7.11 Å². The van der Waals surface area contributed by atoms with E-state index >= 15 is 0 Å². The number of rotatable bonds is 6. The van der Waals surface area contributed by atoms with E-state index in [0.29, 0.717) is 17.0 Å². The maximum absolute atomic E-state index is 13.3. The number of nitrogens with one attached hydrogen (secondary N) is 2. The van der Waals surface area contributed by atoms with Crippen molar-refractivity contribution >= 4 is 23.6 Å². The lowest BCUT2D eigenvalue weighted by atomic mass is 10.1. The molecule has 0 aliphatic carbocycles. The number of hydrogen-bond donors (Lipinski definition) is 2. The van der Waals surface area contributed by atoms with E-state index in [9.17, 15) is 27.6 Å². The first-order valence-corrected chi connectivity index (χ1v) is 10.1. The second-order valence-electron chi connectivity index (χ2n) is 8.36. The molecule has 0 aromatic heterocycles. The number of hydrogen-bond acceptors (Lipinski definition) is 5. The zero-order valence-corrected chi connectivity index (χ0v) is 18.6. The molecule has 1 aliphatic heterocycles. The molecule has 0 spiro atoms. The van der Waals surface area contributed by atoms with Crippen molar-refractivity contribution in [1.29, 1.82) is 0 Å². The molecule has 2 atom stereocenters. The second kappa shape index (κ2) is 9.66. The van der Waals surface area contributed by atoms with E-state index in [1.54, 1.807) is 45.9 Å².